The van der Waals surface area contributed by atoms with Crippen LogP contribution in [0.2, 0.25) is 0 Å². The summed E-state index contributed by atoms with van der Waals surface area (Å²) in [6.07, 6.45) is 13.0. The van der Waals surface area contributed by atoms with Gasteiger partial charge in [0.05, 0.1) is 0 Å². The smallest absolute Gasteiger partial charge is 0.126 e. The number of allylic oxidation sites excluding steroid dienone is 5. The van der Waals surface area contributed by atoms with Gasteiger partial charge in [0, 0.05) is 25.6 Å². The summed E-state index contributed by atoms with van der Waals surface area (Å²) >= 11 is 0. The summed E-state index contributed by atoms with van der Waals surface area (Å²) in [7, 11) is 1.93. The molecule has 2 atom stereocenters. The number of hydrogen-bond acceptors (Lipinski definition) is 2. The molecule has 1 N–H and O–H groups in total. The molecule has 0 fully saturated rings. The second-order valence-corrected chi connectivity index (χ2v) is 6.40. The van der Waals surface area contributed by atoms with Crippen LogP contribution in [-0.4, -0.2) is 7.05 Å². The van der Waals surface area contributed by atoms with Crippen LogP contribution in [0.4, 0.5) is 0 Å². The first kappa shape index (κ1) is 15.7. The molecule has 120 valence electrons. The molecule has 0 saturated heterocycles. The lowest BCUT2D eigenvalue weighted by molar-refractivity contribution is 0.280. The quantitative estimate of drug-likeness (QED) is 0.926. The normalized spacial score (nSPS) is 25.1. The number of nitrogens with one attached hydrogen (secondary N) is 1. The topological polar surface area (TPSA) is 21.3 Å². The maximum Gasteiger partial charge on any atom is 0.126 e. The minimum Gasteiger partial charge on any atom is -0.462 e. The zero-order valence-electron chi connectivity index (χ0n) is 14.2. The molecule has 0 amide bonds. The Kier molecular flexibility index (Phi) is 4.71. The summed E-state index contributed by atoms with van der Waals surface area (Å²) in [4.78, 5) is 0. The van der Waals surface area contributed by atoms with Gasteiger partial charge in [-0.1, -0.05) is 50.3 Å². The van der Waals surface area contributed by atoms with Crippen LogP contribution in [0.15, 0.2) is 59.6 Å². The zero-order valence-corrected chi connectivity index (χ0v) is 14.2. The Morgan fingerprint density at radius 3 is 2.74 bits per heavy atom. The standard InChI is InChI=1S/C21H25NO/c1-15-8-11-21-20(12-15)16(2)13-19(23-21)10-9-17-6-4-5-7-18(17)14-22-3/h4-7,9,11-16,22H,8,10H2,1-3H3/b17-9-,18-14-. The summed E-state index contributed by atoms with van der Waals surface area (Å²) in [6.45, 7) is 4.51. The third-order valence-electron chi connectivity index (χ3n) is 4.41. The summed E-state index contributed by atoms with van der Waals surface area (Å²) in [5.74, 6) is 3.16. The number of hydrogen-bond donors (Lipinski definition) is 1. The molecule has 0 radical (unpaired) electrons. The molecule has 0 aromatic heterocycles. The molecule has 1 aliphatic carbocycles. The lowest BCUT2D eigenvalue weighted by Crippen LogP contribution is -2.26. The molecular weight excluding hydrogens is 282 g/mol. The molecule has 0 spiro atoms. The summed E-state index contributed by atoms with van der Waals surface area (Å²) in [5, 5.41) is 5.53. The highest BCUT2D eigenvalue weighted by molar-refractivity contribution is 5.41. The van der Waals surface area contributed by atoms with Gasteiger partial charge in [-0.05, 0) is 40.5 Å². The van der Waals surface area contributed by atoms with Crippen molar-refractivity contribution in [2.75, 3.05) is 7.05 Å². The lowest BCUT2D eigenvalue weighted by atomic mass is 9.87. The molecule has 2 heteroatoms. The van der Waals surface area contributed by atoms with Gasteiger partial charge in [0.2, 0.25) is 0 Å². The molecule has 1 heterocycles. The predicted molar refractivity (Wildman–Crippen MR) is 96.6 cm³/mol. The highest BCUT2D eigenvalue weighted by atomic mass is 16.5. The summed E-state index contributed by atoms with van der Waals surface area (Å²) < 4.78 is 6.13. The Labute approximate surface area is 138 Å². The molecule has 2 unspecified atom stereocenters. The van der Waals surface area contributed by atoms with E-state index in [2.05, 4.69) is 67.7 Å². The van der Waals surface area contributed by atoms with Gasteiger partial charge in [-0.25, -0.2) is 0 Å². The third-order valence-corrected chi connectivity index (χ3v) is 4.41. The van der Waals surface area contributed by atoms with E-state index in [1.807, 2.05) is 13.2 Å². The first-order valence-electron chi connectivity index (χ1n) is 8.41. The Bertz CT molecular complexity index is 782. The van der Waals surface area contributed by atoms with Crippen LogP contribution in [0.5, 0.6) is 0 Å². The van der Waals surface area contributed by atoms with Crippen molar-refractivity contribution in [3.05, 3.63) is 70.0 Å². The van der Waals surface area contributed by atoms with E-state index < -0.39 is 0 Å². The van der Waals surface area contributed by atoms with Gasteiger partial charge >= 0.3 is 0 Å². The van der Waals surface area contributed by atoms with Crippen LogP contribution in [-0.2, 0) is 4.74 Å². The van der Waals surface area contributed by atoms with Gasteiger partial charge in [0.15, 0.2) is 0 Å². The molecule has 2 aliphatic rings. The zero-order chi connectivity index (χ0) is 16.2. The van der Waals surface area contributed by atoms with E-state index in [1.54, 1.807) is 0 Å². The van der Waals surface area contributed by atoms with E-state index in [9.17, 15) is 0 Å². The average Bonchev–Trinajstić information content (AvgIpc) is 2.55. The van der Waals surface area contributed by atoms with Crippen molar-refractivity contribution in [1.82, 2.24) is 5.32 Å². The van der Waals surface area contributed by atoms with Crippen LogP contribution in [0.3, 0.4) is 0 Å². The summed E-state index contributed by atoms with van der Waals surface area (Å²) in [6, 6.07) is 8.39. The maximum atomic E-state index is 6.13. The first-order valence-corrected chi connectivity index (χ1v) is 8.41. The highest BCUT2D eigenvalue weighted by Crippen LogP contribution is 2.36. The minimum atomic E-state index is 0.431. The van der Waals surface area contributed by atoms with Crippen molar-refractivity contribution < 1.29 is 4.74 Å². The summed E-state index contributed by atoms with van der Waals surface area (Å²) in [5.41, 5.74) is 1.34. The van der Waals surface area contributed by atoms with E-state index in [0.29, 0.717) is 11.8 Å². The van der Waals surface area contributed by atoms with E-state index >= 15 is 0 Å². The Balaban J connectivity index is 1.85. The number of ether oxygens (including phenoxy) is 1. The Hall–Kier alpha value is -2.22. The van der Waals surface area contributed by atoms with E-state index in [1.165, 1.54) is 16.0 Å². The molecule has 1 aromatic carbocycles. The fourth-order valence-electron chi connectivity index (χ4n) is 3.19. The van der Waals surface area contributed by atoms with Gasteiger partial charge in [-0.2, -0.15) is 0 Å². The van der Waals surface area contributed by atoms with Crippen LogP contribution < -0.4 is 15.8 Å². The third kappa shape index (κ3) is 3.58. The molecule has 2 nitrogen and oxygen atoms in total. The van der Waals surface area contributed by atoms with Crippen molar-refractivity contribution in [2.24, 2.45) is 11.8 Å². The van der Waals surface area contributed by atoms with Crippen LogP contribution in [0.1, 0.15) is 26.7 Å². The number of benzene rings is 1. The predicted octanol–water partition coefficient (Wildman–Crippen LogP) is 3.21. The second kappa shape index (κ2) is 6.91. The van der Waals surface area contributed by atoms with Crippen LogP contribution in [0, 0.1) is 11.8 Å². The van der Waals surface area contributed by atoms with Crippen molar-refractivity contribution >= 4 is 12.3 Å². The van der Waals surface area contributed by atoms with Crippen LogP contribution >= 0.6 is 0 Å². The van der Waals surface area contributed by atoms with Gasteiger partial charge in [0.1, 0.15) is 11.5 Å². The SMILES string of the molecule is CN/C=c1/cccc/c1=C/CC1=CC(C)C2=CC(C)CC=C2O1. The fourth-order valence-corrected chi connectivity index (χ4v) is 3.19. The first-order chi connectivity index (χ1) is 11.2. The van der Waals surface area contributed by atoms with Crippen molar-refractivity contribution in [2.45, 2.75) is 26.7 Å². The Morgan fingerprint density at radius 2 is 1.96 bits per heavy atom. The molecule has 0 bridgehead atoms. The molecule has 23 heavy (non-hydrogen) atoms. The monoisotopic (exact) mass is 307 g/mol. The molecule has 3 rings (SSSR count). The van der Waals surface area contributed by atoms with Gasteiger partial charge in [-0.15, -0.1) is 0 Å². The maximum absolute atomic E-state index is 6.13. The van der Waals surface area contributed by atoms with Gasteiger partial charge in [0.25, 0.3) is 0 Å². The highest BCUT2D eigenvalue weighted by Gasteiger charge is 2.23. The molecule has 1 aliphatic heterocycles. The van der Waals surface area contributed by atoms with E-state index in [0.717, 1.165) is 24.4 Å². The van der Waals surface area contributed by atoms with Crippen LogP contribution in [0.25, 0.3) is 12.3 Å². The lowest BCUT2D eigenvalue weighted by Gasteiger charge is -2.28. The van der Waals surface area contributed by atoms with Crippen molar-refractivity contribution in [1.29, 1.82) is 0 Å². The molecule has 1 aromatic rings. The van der Waals surface area contributed by atoms with Crippen molar-refractivity contribution in [3.63, 3.8) is 0 Å². The number of rotatable bonds is 3. The van der Waals surface area contributed by atoms with Gasteiger partial charge < -0.3 is 10.1 Å². The fraction of sp³-hybridized carbons (Fsp3) is 0.333. The van der Waals surface area contributed by atoms with E-state index in [-0.39, 0.29) is 0 Å². The Morgan fingerprint density at radius 1 is 1.17 bits per heavy atom. The average molecular weight is 307 g/mol. The number of fused-ring (bicyclic) bond motifs is 1. The minimum absolute atomic E-state index is 0.431. The molecule has 0 saturated carbocycles. The van der Waals surface area contributed by atoms with Crippen molar-refractivity contribution in [3.8, 4) is 0 Å². The largest absolute Gasteiger partial charge is 0.462 e. The molecular formula is C21H25NO. The second-order valence-electron chi connectivity index (χ2n) is 6.40. The van der Waals surface area contributed by atoms with Gasteiger partial charge in [-0.3, -0.25) is 0 Å². The van der Waals surface area contributed by atoms with E-state index in [4.69, 9.17) is 4.74 Å².